The second-order valence-corrected chi connectivity index (χ2v) is 4.79. The lowest BCUT2D eigenvalue weighted by atomic mass is 10.4. The summed E-state index contributed by atoms with van der Waals surface area (Å²) < 4.78 is 1.77. The minimum absolute atomic E-state index is 0.132. The van der Waals surface area contributed by atoms with E-state index in [0.717, 1.165) is 0 Å². The summed E-state index contributed by atoms with van der Waals surface area (Å²) in [6.07, 6.45) is 0.311. The van der Waals surface area contributed by atoms with Crippen LogP contribution in [0.15, 0.2) is 5.16 Å². The summed E-state index contributed by atoms with van der Waals surface area (Å²) in [6.45, 7) is 4.31. The van der Waals surface area contributed by atoms with Crippen LogP contribution < -0.4 is 11.1 Å². The molecule has 0 saturated heterocycles. The number of nitrogens with two attached hydrogens (primary N) is 1. The van der Waals surface area contributed by atoms with Gasteiger partial charge in [0.2, 0.25) is 11.9 Å². The van der Waals surface area contributed by atoms with Crippen molar-refractivity contribution in [3.63, 3.8) is 0 Å². The van der Waals surface area contributed by atoms with Gasteiger partial charge in [0.15, 0.2) is 5.16 Å². The van der Waals surface area contributed by atoms with Crippen molar-refractivity contribution in [3.8, 4) is 6.07 Å². The van der Waals surface area contributed by atoms with E-state index in [4.69, 9.17) is 11.0 Å². The Bertz CT molecular complexity index is 450. The van der Waals surface area contributed by atoms with Gasteiger partial charge in [0.25, 0.3) is 0 Å². The van der Waals surface area contributed by atoms with Crippen molar-refractivity contribution >= 4 is 23.6 Å². The molecule has 0 saturated carbocycles. The predicted molar refractivity (Wildman–Crippen MR) is 68.8 cm³/mol. The second-order valence-electron chi connectivity index (χ2n) is 3.85. The number of hydrogen-bond acceptors (Lipinski definition) is 6. The van der Waals surface area contributed by atoms with Gasteiger partial charge in [-0.15, -0.1) is 10.2 Å². The number of nitrogens with zero attached hydrogens (tertiary/aromatic N) is 4. The van der Waals surface area contributed by atoms with Crippen LogP contribution in [0, 0.1) is 11.3 Å². The number of nitrogens with one attached hydrogen (secondary N) is 1. The minimum Gasteiger partial charge on any atom is -0.368 e. The number of nitrogen functional groups attached to an aromatic ring is 1. The van der Waals surface area contributed by atoms with Crippen LogP contribution in [-0.2, 0) is 4.79 Å². The molecule has 0 unspecified atom stereocenters. The molecule has 3 N–H and O–H groups in total. The molecule has 1 amide bonds. The van der Waals surface area contributed by atoms with E-state index in [2.05, 4.69) is 15.5 Å². The van der Waals surface area contributed by atoms with Gasteiger partial charge in [-0.2, -0.15) is 5.26 Å². The minimum atomic E-state index is -0.132. The summed E-state index contributed by atoms with van der Waals surface area (Å²) in [4.78, 5) is 11.4. The van der Waals surface area contributed by atoms with E-state index in [1.807, 2.05) is 19.9 Å². The first kappa shape index (κ1) is 14.3. The molecule has 0 aromatic carbocycles. The van der Waals surface area contributed by atoms with Crippen molar-refractivity contribution in [1.29, 1.82) is 5.26 Å². The molecule has 0 radical (unpaired) electrons. The monoisotopic (exact) mass is 268 g/mol. The molecule has 1 aromatic rings. The van der Waals surface area contributed by atoms with E-state index >= 15 is 0 Å². The molecule has 8 heteroatoms. The molecule has 0 aliphatic rings. The third-order valence-electron chi connectivity index (χ3n) is 2.10. The molecule has 98 valence electrons. The topological polar surface area (TPSA) is 110 Å². The molecule has 1 heterocycles. The first-order valence-electron chi connectivity index (χ1n) is 5.53. The zero-order valence-electron chi connectivity index (χ0n) is 10.4. The molecule has 7 nitrogen and oxygen atoms in total. The summed E-state index contributed by atoms with van der Waals surface area (Å²) in [6, 6.07) is 2.10. The summed E-state index contributed by atoms with van der Waals surface area (Å²) in [5.41, 5.74) is 5.69. The van der Waals surface area contributed by atoms with Gasteiger partial charge in [-0.1, -0.05) is 11.8 Å². The molecule has 0 spiro atoms. The van der Waals surface area contributed by atoms with Crippen LogP contribution in [0.4, 0.5) is 5.95 Å². The Morgan fingerprint density at radius 2 is 2.33 bits per heavy atom. The largest absolute Gasteiger partial charge is 0.368 e. The molecule has 0 aliphatic heterocycles. The van der Waals surface area contributed by atoms with Crippen LogP contribution in [0.5, 0.6) is 0 Å². The van der Waals surface area contributed by atoms with E-state index in [1.165, 1.54) is 11.8 Å². The Morgan fingerprint density at radius 1 is 1.61 bits per heavy atom. The van der Waals surface area contributed by atoms with E-state index in [-0.39, 0.29) is 17.7 Å². The summed E-state index contributed by atoms with van der Waals surface area (Å²) >= 11 is 1.28. The van der Waals surface area contributed by atoms with E-state index in [9.17, 15) is 4.79 Å². The fourth-order valence-corrected chi connectivity index (χ4v) is 2.22. The van der Waals surface area contributed by atoms with Gasteiger partial charge in [-0.3, -0.25) is 9.36 Å². The Labute approximate surface area is 110 Å². The maximum absolute atomic E-state index is 11.4. The van der Waals surface area contributed by atoms with E-state index in [0.29, 0.717) is 24.1 Å². The van der Waals surface area contributed by atoms with Crippen molar-refractivity contribution < 1.29 is 4.79 Å². The maximum atomic E-state index is 11.4. The van der Waals surface area contributed by atoms with Gasteiger partial charge in [-0.25, -0.2) is 0 Å². The average molecular weight is 268 g/mol. The fourth-order valence-electron chi connectivity index (χ4n) is 1.31. The highest BCUT2D eigenvalue weighted by Crippen LogP contribution is 2.22. The number of nitriles is 1. The van der Waals surface area contributed by atoms with Gasteiger partial charge in [0.1, 0.15) is 0 Å². The Balaban J connectivity index is 2.49. The molecule has 0 aliphatic carbocycles. The number of carbonyl (C=O) groups excluding carboxylic acids is 1. The van der Waals surface area contributed by atoms with Crippen LogP contribution in [0.25, 0.3) is 0 Å². The molecule has 0 atom stereocenters. The van der Waals surface area contributed by atoms with Crippen LogP contribution in [0.2, 0.25) is 0 Å². The van der Waals surface area contributed by atoms with Gasteiger partial charge >= 0.3 is 0 Å². The fraction of sp³-hybridized carbons (Fsp3) is 0.600. The van der Waals surface area contributed by atoms with Crippen molar-refractivity contribution in [2.24, 2.45) is 0 Å². The molecule has 0 fully saturated rings. The maximum Gasteiger partial charge on any atom is 0.230 e. The van der Waals surface area contributed by atoms with Crippen molar-refractivity contribution in [3.05, 3.63) is 0 Å². The zero-order valence-corrected chi connectivity index (χ0v) is 11.2. The Hall–Kier alpha value is -1.75. The highest BCUT2D eigenvalue weighted by Gasteiger charge is 2.14. The quantitative estimate of drug-likeness (QED) is 0.576. The number of aromatic nitrogens is 3. The number of anilines is 1. The van der Waals surface area contributed by atoms with Crippen molar-refractivity contribution in [2.45, 2.75) is 31.5 Å². The number of rotatable bonds is 6. The first-order valence-corrected chi connectivity index (χ1v) is 6.51. The standard InChI is InChI=1S/C10H16N6OS/c1-7(2)16-9(12)14-15-10(16)18-6-8(17)13-5-3-4-11/h7H,3,5-6H2,1-2H3,(H2,12,14)(H,13,17). The number of thioether (sulfide) groups is 1. The van der Waals surface area contributed by atoms with Crippen molar-refractivity contribution in [2.75, 3.05) is 18.0 Å². The summed E-state index contributed by atoms with van der Waals surface area (Å²) in [7, 11) is 0. The molecule has 0 bridgehead atoms. The van der Waals surface area contributed by atoms with Crippen LogP contribution in [0.1, 0.15) is 26.3 Å². The zero-order chi connectivity index (χ0) is 13.5. The van der Waals surface area contributed by atoms with E-state index < -0.39 is 0 Å². The predicted octanol–water partition coefficient (Wildman–Crippen LogP) is 0.563. The Kier molecular flexibility index (Phi) is 5.45. The molecule has 1 aromatic heterocycles. The number of hydrogen-bond donors (Lipinski definition) is 2. The van der Waals surface area contributed by atoms with Gasteiger partial charge in [0.05, 0.1) is 18.2 Å². The number of carbonyl (C=O) groups is 1. The highest BCUT2D eigenvalue weighted by molar-refractivity contribution is 7.99. The van der Waals surface area contributed by atoms with E-state index in [1.54, 1.807) is 4.57 Å². The first-order chi connectivity index (χ1) is 8.56. The smallest absolute Gasteiger partial charge is 0.230 e. The summed E-state index contributed by atoms with van der Waals surface area (Å²) in [5.74, 6) is 0.445. The highest BCUT2D eigenvalue weighted by atomic mass is 32.2. The van der Waals surface area contributed by atoms with Gasteiger partial charge in [0, 0.05) is 12.6 Å². The lowest BCUT2D eigenvalue weighted by Crippen LogP contribution is -2.26. The van der Waals surface area contributed by atoms with Crippen LogP contribution in [0.3, 0.4) is 0 Å². The number of amides is 1. The third kappa shape index (κ3) is 3.92. The molecular formula is C10H16N6OS. The normalized spacial score (nSPS) is 10.3. The SMILES string of the molecule is CC(C)n1c(N)nnc1SCC(=O)NCCC#N. The average Bonchev–Trinajstić information content (AvgIpc) is 2.68. The second kappa shape index (κ2) is 6.86. The van der Waals surface area contributed by atoms with Crippen LogP contribution in [-0.4, -0.2) is 33.0 Å². The van der Waals surface area contributed by atoms with Gasteiger partial charge in [-0.05, 0) is 13.8 Å². The lowest BCUT2D eigenvalue weighted by molar-refractivity contribution is -0.118. The Morgan fingerprint density at radius 3 is 2.94 bits per heavy atom. The summed E-state index contributed by atoms with van der Waals surface area (Å²) in [5, 5.41) is 19.3. The lowest BCUT2D eigenvalue weighted by Gasteiger charge is -2.10. The van der Waals surface area contributed by atoms with Crippen molar-refractivity contribution in [1.82, 2.24) is 20.1 Å². The third-order valence-corrected chi connectivity index (χ3v) is 3.04. The molecule has 1 rings (SSSR count). The van der Waals surface area contributed by atoms with Crippen LogP contribution >= 0.6 is 11.8 Å². The molecule has 18 heavy (non-hydrogen) atoms. The van der Waals surface area contributed by atoms with Gasteiger partial charge < -0.3 is 11.1 Å². The molecular weight excluding hydrogens is 252 g/mol.